The highest BCUT2D eigenvalue weighted by Crippen LogP contribution is 2.41. The van der Waals surface area contributed by atoms with E-state index in [9.17, 15) is 13.2 Å². The number of nitrogens with one attached hydrogen (secondary N) is 1. The third kappa shape index (κ3) is 4.65. The number of ether oxygens (including phenoxy) is 1. The Hall–Kier alpha value is -4.09. The molecule has 1 N–H and O–H groups in total. The third-order valence-corrected chi connectivity index (χ3v) is 9.38. The first-order chi connectivity index (χ1) is 19.5. The average Bonchev–Trinajstić information content (AvgIpc) is 3.83. The highest BCUT2D eigenvalue weighted by atomic mass is 32.2. The maximum Gasteiger partial charge on any atom is 0.251 e. The number of benzene rings is 1. The first kappa shape index (κ1) is 24.9. The summed E-state index contributed by atoms with van der Waals surface area (Å²) in [5.41, 5.74) is 3.42. The largest absolute Gasteiger partial charge is 0.376 e. The fourth-order valence-electron chi connectivity index (χ4n) is 5.38. The Morgan fingerprint density at radius 2 is 1.98 bits per heavy atom. The Kier molecular flexibility index (Phi) is 6.12. The molecular weight excluding hydrogens is 528 g/mol. The van der Waals surface area contributed by atoms with E-state index in [-0.39, 0.29) is 41.9 Å². The molecule has 7 rings (SSSR count). The molecular formula is C29H28N6O4S. The lowest BCUT2D eigenvalue weighted by atomic mass is 10.1. The van der Waals surface area contributed by atoms with E-state index >= 15 is 0 Å². The predicted molar refractivity (Wildman–Crippen MR) is 150 cm³/mol. The van der Waals surface area contributed by atoms with Gasteiger partial charge in [-0.2, -0.15) is 0 Å². The van der Waals surface area contributed by atoms with Gasteiger partial charge in [-0.15, -0.1) is 0 Å². The summed E-state index contributed by atoms with van der Waals surface area (Å²) in [7, 11) is -3.50. The molecule has 3 aromatic heterocycles. The number of sulfone groups is 1. The van der Waals surface area contributed by atoms with Crippen molar-refractivity contribution >= 4 is 44.0 Å². The van der Waals surface area contributed by atoms with E-state index in [1.807, 2.05) is 30.5 Å². The van der Waals surface area contributed by atoms with E-state index in [2.05, 4.69) is 26.2 Å². The van der Waals surface area contributed by atoms with Crippen molar-refractivity contribution in [2.75, 3.05) is 35.2 Å². The molecule has 1 fully saturated rings. The van der Waals surface area contributed by atoms with Crippen LogP contribution in [0.25, 0.3) is 10.9 Å². The van der Waals surface area contributed by atoms with Crippen LogP contribution < -0.4 is 15.1 Å². The van der Waals surface area contributed by atoms with Gasteiger partial charge in [-0.3, -0.25) is 9.78 Å². The maximum absolute atomic E-state index is 12.9. The monoisotopic (exact) mass is 556 g/mol. The van der Waals surface area contributed by atoms with Gasteiger partial charge < -0.3 is 19.9 Å². The Bertz CT molecular complexity index is 1740. The van der Waals surface area contributed by atoms with Crippen molar-refractivity contribution in [1.29, 1.82) is 0 Å². The molecule has 1 amide bonds. The number of hydrogen-bond acceptors (Lipinski definition) is 9. The van der Waals surface area contributed by atoms with Gasteiger partial charge in [-0.1, -0.05) is 6.07 Å². The predicted octanol–water partition coefficient (Wildman–Crippen LogP) is 3.38. The second-order valence-electron chi connectivity index (χ2n) is 10.3. The van der Waals surface area contributed by atoms with Crippen molar-refractivity contribution in [3.05, 3.63) is 77.7 Å². The molecule has 204 valence electrons. The quantitative estimate of drug-likeness (QED) is 0.395. The lowest BCUT2D eigenvalue weighted by Gasteiger charge is -2.37. The molecule has 1 saturated carbocycles. The molecule has 0 bridgehead atoms. The van der Waals surface area contributed by atoms with Gasteiger partial charge in [0.2, 0.25) is 0 Å². The topological polar surface area (TPSA) is 118 Å². The molecule has 0 atom stereocenters. The second kappa shape index (κ2) is 9.83. The van der Waals surface area contributed by atoms with Crippen LogP contribution in [0.1, 0.15) is 34.5 Å². The molecule has 0 radical (unpaired) electrons. The SMILES string of the molecule is O=C(NCc1cc2nc(N3CCN(C4CC4)c4cccnc43)ccc2cn1)c1ccc2c(c1)S(=O)(=O)CCOC2. The first-order valence-corrected chi connectivity index (χ1v) is 15.1. The standard InChI is InChI=1S/C29H28N6O4S/c36-29(19-3-4-21-18-39-12-13-40(37,38)26(21)14-19)32-17-22-15-24-20(16-31-22)5-8-27(33-24)35-11-10-34(23-6-7-23)25-2-1-9-30-28(25)35/h1-5,8-9,14-16,23H,6-7,10-13,17-18H2,(H,32,36). The van der Waals surface area contributed by atoms with Crippen LogP contribution in [-0.4, -0.2) is 60.8 Å². The minimum absolute atomic E-state index is 0.0983. The summed E-state index contributed by atoms with van der Waals surface area (Å²) in [4.78, 5) is 31.8. The van der Waals surface area contributed by atoms with Crippen molar-refractivity contribution in [3.63, 3.8) is 0 Å². The van der Waals surface area contributed by atoms with Gasteiger partial charge in [0.05, 0.1) is 47.3 Å². The molecule has 3 aliphatic rings. The van der Waals surface area contributed by atoms with Crippen molar-refractivity contribution < 1.29 is 17.9 Å². The molecule has 2 aliphatic heterocycles. The Morgan fingerprint density at radius 3 is 2.85 bits per heavy atom. The molecule has 11 heteroatoms. The van der Waals surface area contributed by atoms with Gasteiger partial charge in [0, 0.05) is 42.5 Å². The molecule has 0 unspecified atom stereocenters. The van der Waals surface area contributed by atoms with E-state index in [0.29, 0.717) is 17.3 Å². The summed E-state index contributed by atoms with van der Waals surface area (Å²) in [6.07, 6.45) is 6.03. The van der Waals surface area contributed by atoms with Crippen LogP contribution in [0, 0.1) is 0 Å². The summed E-state index contributed by atoms with van der Waals surface area (Å²) in [6, 6.07) is 15.3. The zero-order valence-corrected chi connectivity index (χ0v) is 22.6. The van der Waals surface area contributed by atoms with E-state index in [1.54, 1.807) is 18.3 Å². The smallest absolute Gasteiger partial charge is 0.251 e. The zero-order valence-electron chi connectivity index (χ0n) is 21.8. The van der Waals surface area contributed by atoms with Crippen LogP contribution in [0.4, 0.5) is 17.3 Å². The van der Waals surface area contributed by atoms with Crippen molar-refractivity contribution in [3.8, 4) is 0 Å². The molecule has 0 spiro atoms. The molecule has 1 aromatic carbocycles. The zero-order chi connectivity index (χ0) is 27.3. The number of nitrogens with zero attached hydrogens (tertiary/aromatic N) is 5. The number of carbonyl (C=O) groups excluding carboxylic acids is 1. The fourth-order valence-corrected chi connectivity index (χ4v) is 6.77. The average molecular weight is 557 g/mol. The number of amides is 1. The third-order valence-electron chi connectivity index (χ3n) is 7.62. The molecule has 5 heterocycles. The minimum Gasteiger partial charge on any atom is -0.376 e. The Morgan fingerprint density at radius 1 is 1.07 bits per heavy atom. The van der Waals surface area contributed by atoms with E-state index in [1.165, 1.54) is 18.9 Å². The number of aromatic nitrogens is 3. The van der Waals surface area contributed by atoms with E-state index in [0.717, 1.165) is 41.3 Å². The Labute approximate surface area is 231 Å². The molecule has 4 aromatic rings. The number of anilines is 3. The van der Waals surface area contributed by atoms with Gasteiger partial charge in [0.15, 0.2) is 15.7 Å². The minimum atomic E-state index is -3.50. The van der Waals surface area contributed by atoms with Crippen LogP contribution in [0.5, 0.6) is 0 Å². The van der Waals surface area contributed by atoms with Gasteiger partial charge in [-0.25, -0.2) is 18.4 Å². The summed E-state index contributed by atoms with van der Waals surface area (Å²) < 4.78 is 30.6. The van der Waals surface area contributed by atoms with Gasteiger partial charge in [0.1, 0.15) is 5.82 Å². The maximum atomic E-state index is 12.9. The van der Waals surface area contributed by atoms with Gasteiger partial charge >= 0.3 is 0 Å². The summed E-state index contributed by atoms with van der Waals surface area (Å²) >= 11 is 0. The van der Waals surface area contributed by atoms with Crippen LogP contribution in [0.3, 0.4) is 0 Å². The fraction of sp³-hybridized carbons (Fsp3) is 0.310. The lowest BCUT2D eigenvalue weighted by molar-refractivity contribution is 0.0950. The van der Waals surface area contributed by atoms with E-state index < -0.39 is 9.84 Å². The van der Waals surface area contributed by atoms with Crippen LogP contribution in [0.2, 0.25) is 0 Å². The second-order valence-corrected chi connectivity index (χ2v) is 12.4. The van der Waals surface area contributed by atoms with Gasteiger partial charge in [0.25, 0.3) is 5.91 Å². The van der Waals surface area contributed by atoms with Gasteiger partial charge in [-0.05, 0) is 60.9 Å². The van der Waals surface area contributed by atoms with Crippen molar-refractivity contribution in [1.82, 2.24) is 20.3 Å². The van der Waals surface area contributed by atoms with Crippen LogP contribution in [0.15, 0.2) is 65.8 Å². The number of rotatable bonds is 5. The lowest BCUT2D eigenvalue weighted by Crippen LogP contribution is -2.40. The Balaban J connectivity index is 1.11. The summed E-state index contributed by atoms with van der Waals surface area (Å²) in [5, 5.41) is 3.76. The van der Waals surface area contributed by atoms with Crippen LogP contribution >= 0.6 is 0 Å². The summed E-state index contributed by atoms with van der Waals surface area (Å²) in [5.74, 6) is 1.27. The van der Waals surface area contributed by atoms with Crippen LogP contribution in [-0.2, 0) is 27.7 Å². The molecule has 0 saturated heterocycles. The number of carbonyl (C=O) groups is 1. The normalized spacial score (nSPS) is 18.1. The highest BCUT2D eigenvalue weighted by molar-refractivity contribution is 7.91. The number of fused-ring (bicyclic) bond motifs is 3. The van der Waals surface area contributed by atoms with Crippen molar-refractivity contribution in [2.45, 2.75) is 36.9 Å². The number of hydrogen-bond donors (Lipinski definition) is 1. The number of pyridine rings is 3. The molecule has 40 heavy (non-hydrogen) atoms. The molecule has 1 aliphatic carbocycles. The van der Waals surface area contributed by atoms with E-state index in [4.69, 9.17) is 14.7 Å². The highest BCUT2D eigenvalue weighted by Gasteiger charge is 2.35. The summed E-state index contributed by atoms with van der Waals surface area (Å²) in [6.45, 7) is 2.26. The first-order valence-electron chi connectivity index (χ1n) is 13.4. The van der Waals surface area contributed by atoms with Crippen molar-refractivity contribution in [2.24, 2.45) is 0 Å². The molecule has 10 nitrogen and oxygen atoms in total.